The molecule has 0 aliphatic heterocycles. The van der Waals surface area contributed by atoms with Gasteiger partial charge in [-0.3, -0.25) is 4.79 Å². The molecule has 138 valence electrons. The molecule has 7 nitrogen and oxygen atoms in total. The molecule has 1 heterocycles. The highest BCUT2D eigenvalue weighted by Gasteiger charge is 2.12. The van der Waals surface area contributed by atoms with Crippen LogP contribution in [-0.4, -0.2) is 28.6 Å². The fourth-order valence-corrected chi connectivity index (χ4v) is 2.44. The second-order valence-electron chi connectivity index (χ2n) is 5.73. The molecule has 0 spiro atoms. The van der Waals surface area contributed by atoms with Gasteiger partial charge in [0.25, 0.3) is 0 Å². The number of anilines is 1. The molecule has 3 rings (SSSR count). The molecule has 0 saturated heterocycles. The first-order valence-electron chi connectivity index (χ1n) is 8.60. The van der Waals surface area contributed by atoms with Crippen molar-refractivity contribution in [3.05, 3.63) is 66.1 Å². The van der Waals surface area contributed by atoms with E-state index < -0.39 is 5.97 Å². The maximum atomic E-state index is 12.2. The van der Waals surface area contributed by atoms with Crippen molar-refractivity contribution < 1.29 is 18.8 Å². The van der Waals surface area contributed by atoms with Gasteiger partial charge in [-0.05, 0) is 25.1 Å². The summed E-state index contributed by atoms with van der Waals surface area (Å²) in [6, 6.07) is 16.1. The van der Waals surface area contributed by atoms with Gasteiger partial charge in [0.1, 0.15) is 0 Å². The summed E-state index contributed by atoms with van der Waals surface area (Å²) in [4.78, 5) is 28.2. The number of nitrogens with zero attached hydrogens (tertiary/aromatic N) is 2. The number of aromatic nitrogens is 2. The van der Waals surface area contributed by atoms with Crippen LogP contribution in [0.25, 0.3) is 11.4 Å². The molecule has 0 atom stereocenters. The largest absolute Gasteiger partial charge is 0.462 e. The zero-order valence-corrected chi connectivity index (χ0v) is 14.8. The minimum Gasteiger partial charge on any atom is -0.462 e. The molecule has 1 aromatic heterocycles. The zero-order valence-electron chi connectivity index (χ0n) is 14.8. The number of hydrogen-bond donors (Lipinski definition) is 1. The first kappa shape index (κ1) is 18.3. The molecule has 0 saturated carbocycles. The van der Waals surface area contributed by atoms with Crippen molar-refractivity contribution in [2.24, 2.45) is 0 Å². The molecule has 3 aromatic rings. The van der Waals surface area contributed by atoms with Crippen LogP contribution in [-0.2, 0) is 16.0 Å². The number of esters is 1. The lowest BCUT2D eigenvalue weighted by Crippen LogP contribution is -2.13. The van der Waals surface area contributed by atoms with E-state index in [2.05, 4.69) is 15.5 Å². The van der Waals surface area contributed by atoms with E-state index in [1.807, 2.05) is 30.3 Å². The van der Waals surface area contributed by atoms with Crippen molar-refractivity contribution in [3.63, 3.8) is 0 Å². The van der Waals surface area contributed by atoms with Crippen LogP contribution in [0.4, 0.5) is 5.69 Å². The summed E-state index contributed by atoms with van der Waals surface area (Å²) in [5.41, 5.74) is 1.77. The summed E-state index contributed by atoms with van der Waals surface area (Å²) in [6.45, 7) is 2.04. The summed E-state index contributed by atoms with van der Waals surface area (Å²) in [5, 5.41) is 6.68. The van der Waals surface area contributed by atoms with Gasteiger partial charge in [-0.15, -0.1) is 0 Å². The van der Waals surface area contributed by atoms with E-state index in [9.17, 15) is 9.59 Å². The highest BCUT2D eigenvalue weighted by molar-refractivity contribution is 5.94. The number of carbonyl (C=O) groups excluding carboxylic acids is 2. The van der Waals surface area contributed by atoms with Crippen LogP contribution in [0.15, 0.2) is 59.1 Å². The third-order valence-corrected chi connectivity index (χ3v) is 3.72. The Bertz CT molecular complexity index is 922. The average molecular weight is 365 g/mol. The van der Waals surface area contributed by atoms with E-state index in [0.717, 1.165) is 5.56 Å². The van der Waals surface area contributed by atoms with Gasteiger partial charge in [-0.25, -0.2) is 4.79 Å². The van der Waals surface area contributed by atoms with E-state index in [-0.39, 0.29) is 12.3 Å². The van der Waals surface area contributed by atoms with Crippen LogP contribution in [0.5, 0.6) is 0 Å². The van der Waals surface area contributed by atoms with Crippen LogP contribution < -0.4 is 5.32 Å². The van der Waals surface area contributed by atoms with Crippen LogP contribution in [0.2, 0.25) is 0 Å². The standard InChI is InChI=1S/C20H19N3O4/c1-2-26-20(25)15-9-6-10-16(13-15)21-17(24)11-12-18-22-19(23-27-18)14-7-4-3-5-8-14/h3-10,13H,2,11-12H2,1H3,(H,21,24). The monoisotopic (exact) mass is 365 g/mol. The van der Waals surface area contributed by atoms with E-state index in [4.69, 9.17) is 9.26 Å². The molecule has 0 radical (unpaired) electrons. The van der Waals surface area contributed by atoms with Gasteiger partial charge in [0.2, 0.25) is 17.6 Å². The van der Waals surface area contributed by atoms with Gasteiger partial charge in [-0.2, -0.15) is 4.98 Å². The molecule has 0 unspecified atom stereocenters. The Labute approximate surface area is 156 Å². The number of hydrogen-bond acceptors (Lipinski definition) is 6. The predicted molar refractivity (Wildman–Crippen MR) is 99.1 cm³/mol. The molecule has 0 aliphatic carbocycles. The Kier molecular flexibility index (Phi) is 5.94. The fraction of sp³-hybridized carbons (Fsp3) is 0.200. The van der Waals surface area contributed by atoms with Crippen molar-refractivity contribution in [1.29, 1.82) is 0 Å². The van der Waals surface area contributed by atoms with E-state index in [1.54, 1.807) is 31.2 Å². The second-order valence-corrected chi connectivity index (χ2v) is 5.73. The Hall–Kier alpha value is -3.48. The Morgan fingerprint density at radius 1 is 1.11 bits per heavy atom. The third kappa shape index (κ3) is 5.01. The maximum Gasteiger partial charge on any atom is 0.338 e. The first-order valence-corrected chi connectivity index (χ1v) is 8.60. The van der Waals surface area contributed by atoms with Crippen molar-refractivity contribution >= 4 is 17.6 Å². The number of amides is 1. The molecular formula is C20H19N3O4. The normalized spacial score (nSPS) is 10.4. The van der Waals surface area contributed by atoms with Gasteiger partial charge in [0.15, 0.2) is 0 Å². The number of rotatable bonds is 7. The number of benzene rings is 2. The summed E-state index contributed by atoms with van der Waals surface area (Å²) in [6.07, 6.45) is 0.503. The lowest BCUT2D eigenvalue weighted by molar-refractivity contribution is -0.116. The smallest absolute Gasteiger partial charge is 0.338 e. The molecule has 0 bridgehead atoms. The fourth-order valence-electron chi connectivity index (χ4n) is 2.44. The van der Waals surface area contributed by atoms with Crippen molar-refractivity contribution in [2.75, 3.05) is 11.9 Å². The van der Waals surface area contributed by atoms with Crippen LogP contribution in [0.1, 0.15) is 29.6 Å². The molecular weight excluding hydrogens is 346 g/mol. The number of nitrogens with one attached hydrogen (secondary N) is 1. The Morgan fingerprint density at radius 2 is 1.93 bits per heavy atom. The molecule has 0 fully saturated rings. The summed E-state index contributed by atoms with van der Waals surface area (Å²) in [5.74, 6) is 0.251. The Morgan fingerprint density at radius 3 is 2.70 bits per heavy atom. The van der Waals surface area contributed by atoms with Gasteiger partial charge < -0.3 is 14.6 Å². The predicted octanol–water partition coefficient (Wildman–Crippen LogP) is 3.48. The lowest BCUT2D eigenvalue weighted by Gasteiger charge is -2.06. The quantitative estimate of drug-likeness (QED) is 0.644. The third-order valence-electron chi connectivity index (χ3n) is 3.72. The van der Waals surface area contributed by atoms with E-state index in [0.29, 0.717) is 36.0 Å². The van der Waals surface area contributed by atoms with Gasteiger partial charge >= 0.3 is 5.97 Å². The molecule has 1 N–H and O–H groups in total. The number of aryl methyl sites for hydroxylation is 1. The summed E-state index contributed by atoms with van der Waals surface area (Å²) < 4.78 is 10.1. The van der Waals surface area contributed by atoms with Crippen molar-refractivity contribution in [2.45, 2.75) is 19.8 Å². The van der Waals surface area contributed by atoms with Crippen molar-refractivity contribution in [3.8, 4) is 11.4 Å². The lowest BCUT2D eigenvalue weighted by atomic mass is 10.2. The average Bonchev–Trinajstić information content (AvgIpc) is 3.17. The van der Waals surface area contributed by atoms with E-state index in [1.165, 1.54) is 0 Å². The Balaban J connectivity index is 1.55. The van der Waals surface area contributed by atoms with E-state index >= 15 is 0 Å². The molecule has 1 amide bonds. The molecule has 7 heteroatoms. The minimum absolute atomic E-state index is 0.181. The highest BCUT2D eigenvalue weighted by Crippen LogP contribution is 2.16. The minimum atomic E-state index is -0.423. The first-order chi connectivity index (χ1) is 13.2. The van der Waals surface area contributed by atoms with Crippen LogP contribution in [0, 0.1) is 0 Å². The molecule has 27 heavy (non-hydrogen) atoms. The maximum absolute atomic E-state index is 12.2. The van der Waals surface area contributed by atoms with Gasteiger partial charge in [0, 0.05) is 24.1 Å². The summed E-state index contributed by atoms with van der Waals surface area (Å²) >= 11 is 0. The topological polar surface area (TPSA) is 94.3 Å². The molecule has 2 aromatic carbocycles. The second kappa shape index (κ2) is 8.75. The number of ether oxygens (including phenoxy) is 1. The van der Waals surface area contributed by atoms with Crippen LogP contribution >= 0.6 is 0 Å². The van der Waals surface area contributed by atoms with Gasteiger partial charge in [-0.1, -0.05) is 41.6 Å². The van der Waals surface area contributed by atoms with Crippen LogP contribution in [0.3, 0.4) is 0 Å². The van der Waals surface area contributed by atoms with Crippen molar-refractivity contribution in [1.82, 2.24) is 10.1 Å². The number of carbonyl (C=O) groups is 2. The zero-order chi connectivity index (χ0) is 19.1. The SMILES string of the molecule is CCOC(=O)c1cccc(NC(=O)CCc2nc(-c3ccccc3)no2)c1. The van der Waals surface area contributed by atoms with Gasteiger partial charge in [0.05, 0.1) is 12.2 Å². The molecule has 0 aliphatic rings. The highest BCUT2D eigenvalue weighted by atomic mass is 16.5. The summed E-state index contributed by atoms with van der Waals surface area (Å²) in [7, 11) is 0.